The van der Waals surface area contributed by atoms with Crippen molar-refractivity contribution >= 4 is 5.82 Å². The van der Waals surface area contributed by atoms with Crippen molar-refractivity contribution in [2.45, 2.75) is 39.5 Å². The van der Waals surface area contributed by atoms with E-state index in [1.54, 1.807) is 24.3 Å². The van der Waals surface area contributed by atoms with Crippen LogP contribution < -0.4 is 11.5 Å². The number of nitrogens with two attached hydrogens (primary N) is 2. The molecule has 130 valence electrons. The summed E-state index contributed by atoms with van der Waals surface area (Å²) in [5.74, 6) is -0.301. The van der Waals surface area contributed by atoms with Gasteiger partial charge in [0.25, 0.3) is 0 Å². The van der Waals surface area contributed by atoms with Crippen molar-refractivity contribution in [2.75, 3.05) is 5.73 Å². The second-order valence-electron chi connectivity index (χ2n) is 4.78. The van der Waals surface area contributed by atoms with E-state index in [0.717, 1.165) is 12.5 Å². The number of nitrogen functional groups attached to an aromatic ring is 1. The summed E-state index contributed by atoms with van der Waals surface area (Å²) >= 11 is 0. The van der Waals surface area contributed by atoms with E-state index in [9.17, 15) is 18.4 Å². The van der Waals surface area contributed by atoms with Gasteiger partial charge in [-0.05, 0) is 12.5 Å². The van der Waals surface area contributed by atoms with E-state index < -0.39 is 12.2 Å². The van der Waals surface area contributed by atoms with Gasteiger partial charge in [0, 0.05) is 12.1 Å². The third-order valence-corrected chi connectivity index (χ3v) is 3.36. The van der Waals surface area contributed by atoms with Crippen LogP contribution in [0.25, 0.3) is 11.3 Å². The van der Waals surface area contributed by atoms with Crippen molar-refractivity contribution in [3.63, 3.8) is 0 Å². The first-order chi connectivity index (χ1) is 11.3. The number of hydrogen-bond acceptors (Lipinski definition) is 4. The van der Waals surface area contributed by atoms with Gasteiger partial charge in [-0.25, -0.2) is 4.68 Å². The maximum Gasteiger partial charge on any atom is 0.410 e. The lowest BCUT2D eigenvalue weighted by atomic mass is 10.1. The van der Waals surface area contributed by atoms with Gasteiger partial charge in [0.05, 0.1) is 0 Å². The molecule has 0 saturated carbocycles. The number of nitriles is 1. The molecule has 0 aliphatic heterocycles. The molecular weight excluding hydrogens is 319 g/mol. The number of anilines is 1. The van der Waals surface area contributed by atoms with Crippen molar-refractivity contribution in [1.29, 1.82) is 5.26 Å². The zero-order valence-electron chi connectivity index (χ0n) is 13.7. The third-order valence-electron chi connectivity index (χ3n) is 3.36. The molecule has 0 aliphatic rings. The van der Waals surface area contributed by atoms with E-state index in [2.05, 4.69) is 5.10 Å². The predicted octanol–water partition coefficient (Wildman–Crippen LogP) is 3.61. The molecule has 0 radical (unpaired) electrons. The summed E-state index contributed by atoms with van der Waals surface area (Å²) in [6, 6.07) is 6.63. The van der Waals surface area contributed by atoms with Crippen LogP contribution in [0.1, 0.15) is 37.9 Å². The number of nitrogens with zero attached hydrogens (tertiary/aromatic N) is 3. The van der Waals surface area contributed by atoms with Gasteiger partial charge in [0.2, 0.25) is 0 Å². The van der Waals surface area contributed by atoms with Crippen LogP contribution in [0.4, 0.5) is 19.0 Å². The molecule has 1 atom stereocenters. The van der Waals surface area contributed by atoms with E-state index in [-0.39, 0.29) is 17.1 Å². The SMILES string of the molecule is CC.CC(n1nc(-c2ccc(CN)cc2)c(C#N)c1N)C(F)(F)F. The summed E-state index contributed by atoms with van der Waals surface area (Å²) in [7, 11) is 0. The van der Waals surface area contributed by atoms with Gasteiger partial charge in [0.1, 0.15) is 29.2 Å². The van der Waals surface area contributed by atoms with Crippen LogP contribution in [0, 0.1) is 11.3 Å². The van der Waals surface area contributed by atoms with Crippen LogP contribution >= 0.6 is 0 Å². The topological polar surface area (TPSA) is 93.6 Å². The van der Waals surface area contributed by atoms with Crippen LogP contribution in [-0.4, -0.2) is 16.0 Å². The van der Waals surface area contributed by atoms with E-state index in [1.165, 1.54) is 0 Å². The molecule has 1 heterocycles. The molecule has 5 nitrogen and oxygen atoms in total. The lowest BCUT2D eigenvalue weighted by Gasteiger charge is -2.16. The van der Waals surface area contributed by atoms with Gasteiger partial charge in [0.15, 0.2) is 0 Å². The minimum atomic E-state index is -4.51. The van der Waals surface area contributed by atoms with E-state index in [0.29, 0.717) is 16.8 Å². The Kier molecular flexibility index (Phi) is 6.37. The molecule has 1 unspecified atom stereocenters. The number of alkyl halides is 3. The molecule has 0 fully saturated rings. The number of rotatable bonds is 3. The molecule has 24 heavy (non-hydrogen) atoms. The molecule has 1 aromatic heterocycles. The molecule has 0 aliphatic carbocycles. The fraction of sp³-hybridized carbons (Fsp3) is 0.375. The molecule has 0 spiro atoms. The predicted molar refractivity (Wildman–Crippen MR) is 86.8 cm³/mol. The molecule has 0 bridgehead atoms. The maximum atomic E-state index is 12.8. The summed E-state index contributed by atoms with van der Waals surface area (Å²) in [5, 5.41) is 13.1. The number of benzene rings is 1. The van der Waals surface area contributed by atoms with Gasteiger partial charge in [-0.15, -0.1) is 0 Å². The summed E-state index contributed by atoms with van der Waals surface area (Å²) in [6.07, 6.45) is -4.51. The minimum Gasteiger partial charge on any atom is -0.383 e. The highest BCUT2D eigenvalue weighted by molar-refractivity contribution is 5.72. The maximum absolute atomic E-state index is 12.8. The van der Waals surface area contributed by atoms with Crippen LogP contribution in [-0.2, 0) is 6.54 Å². The minimum absolute atomic E-state index is 0.0726. The lowest BCUT2D eigenvalue weighted by molar-refractivity contribution is -0.164. The Morgan fingerprint density at radius 1 is 1.25 bits per heavy atom. The first kappa shape index (κ1) is 19.5. The van der Waals surface area contributed by atoms with Gasteiger partial charge in [-0.1, -0.05) is 38.1 Å². The Morgan fingerprint density at radius 3 is 2.21 bits per heavy atom. The molecular formula is C16H20F3N5. The molecule has 2 rings (SSSR count). The fourth-order valence-electron chi connectivity index (χ4n) is 1.99. The van der Waals surface area contributed by atoms with Crippen molar-refractivity contribution in [1.82, 2.24) is 9.78 Å². The van der Waals surface area contributed by atoms with Crippen LogP contribution in [0.5, 0.6) is 0 Å². The summed E-state index contributed by atoms with van der Waals surface area (Å²) in [4.78, 5) is 0. The second-order valence-corrected chi connectivity index (χ2v) is 4.78. The highest BCUT2D eigenvalue weighted by Crippen LogP contribution is 2.35. The molecule has 2 aromatic rings. The van der Waals surface area contributed by atoms with Crippen molar-refractivity contribution in [2.24, 2.45) is 5.73 Å². The fourth-order valence-corrected chi connectivity index (χ4v) is 1.99. The standard InChI is InChI=1S/C14H14F3N5.C2H6/c1-8(14(15,16)17)22-13(20)11(7-19)12(21-22)10-4-2-9(6-18)3-5-10;1-2/h2-5,8H,6,18,20H2,1H3;1-2H3. The highest BCUT2D eigenvalue weighted by atomic mass is 19.4. The quantitative estimate of drug-likeness (QED) is 0.893. The van der Waals surface area contributed by atoms with E-state index in [4.69, 9.17) is 11.5 Å². The third kappa shape index (κ3) is 3.86. The normalized spacial score (nSPS) is 12.1. The lowest BCUT2D eigenvalue weighted by Crippen LogP contribution is -2.25. The Labute approximate surface area is 138 Å². The van der Waals surface area contributed by atoms with E-state index in [1.807, 2.05) is 19.9 Å². The number of aromatic nitrogens is 2. The monoisotopic (exact) mass is 339 g/mol. The van der Waals surface area contributed by atoms with Crippen LogP contribution in [0.2, 0.25) is 0 Å². The summed E-state index contributed by atoms with van der Waals surface area (Å²) in [5.41, 5.74) is 12.6. The Hall–Kier alpha value is -2.53. The Morgan fingerprint density at radius 2 is 1.79 bits per heavy atom. The second kappa shape index (κ2) is 7.84. The zero-order valence-corrected chi connectivity index (χ0v) is 13.7. The van der Waals surface area contributed by atoms with Gasteiger partial charge in [-0.2, -0.15) is 23.5 Å². The van der Waals surface area contributed by atoms with Crippen molar-refractivity contribution in [3.8, 4) is 17.3 Å². The van der Waals surface area contributed by atoms with Gasteiger partial charge < -0.3 is 11.5 Å². The highest BCUT2D eigenvalue weighted by Gasteiger charge is 2.40. The first-order valence-electron chi connectivity index (χ1n) is 7.43. The van der Waals surface area contributed by atoms with Gasteiger partial charge in [-0.3, -0.25) is 0 Å². The summed E-state index contributed by atoms with van der Waals surface area (Å²) in [6.45, 7) is 5.28. The van der Waals surface area contributed by atoms with Gasteiger partial charge >= 0.3 is 6.18 Å². The number of halogens is 3. The number of hydrogen-bond donors (Lipinski definition) is 2. The average molecular weight is 339 g/mol. The van der Waals surface area contributed by atoms with E-state index >= 15 is 0 Å². The first-order valence-corrected chi connectivity index (χ1v) is 7.43. The molecule has 0 saturated heterocycles. The van der Waals surface area contributed by atoms with Crippen LogP contribution in [0.15, 0.2) is 24.3 Å². The molecule has 1 aromatic carbocycles. The Bertz CT molecular complexity index is 711. The zero-order chi connectivity index (χ0) is 18.5. The smallest absolute Gasteiger partial charge is 0.383 e. The van der Waals surface area contributed by atoms with Crippen molar-refractivity contribution < 1.29 is 13.2 Å². The largest absolute Gasteiger partial charge is 0.410 e. The molecule has 0 amide bonds. The average Bonchev–Trinajstić information content (AvgIpc) is 2.91. The van der Waals surface area contributed by atoms with Crippen molar-refractivity contribution in [3.05, 3.63) is 35.4 Å². The Balaban J connectivity index is 0.00000139. The summed E-state index contributed by atoms with van der Waals surface area (Å²) < 4.78 is 39.2. The molecule has 4 N–H and O–H groups in total. The molecule has 8 heteroatoms. The van der Waals surface area contributed by atoms with Crippen LogP contribution in [0.3, 0.4) is 0 Å².